The SMILES string of the molecule is Cc1cc(C)n(CCCNC(=O)NC(C)CO)n1. The van der Waals surface area contributed by atoms with Crippen LogP contribution in [-0.2, 0) is 6.54 Å². The van der Waals surface area contributed by atoms with E-state index in [0.29, 0.717) is 6.54 Å². The second-order valence-corrected chi connectivity index (χ2v) is 4.49. The average Bonchev–Trinajstić information content (AvgIpc) is 2.63. The van der Waals surface area contributed by atoms with E-state index in [9.17, 15) is 4.79 Å². The maximum atomic E-state index is 11.3. The molecule has 18 heavy (non-hydrogen) atoms. The molecule has 0 aromatic carbocycles. The monoisotopic (exact) mass is 254 g/mol. The van der Waals surface area contributed by atoms with Crippen molar-refractivity contribution in [3.05, 3.63) is 17.5 Å². The molecule has 1 heterocycles. The summed E-state index contributed by atoms with van der Waals surface area (Å²) in [5.74, 6) is 0. The largest absolute Gasteiger partial charge is 0.394 e. The summed E-state index contributed by atoms with van der Waals surface area (Å²) in [6, 6.07) is 1.56. The molecule has 102 valence electrons. The van der Waals surface area contributed by atoms with Crippen LogP contribution in [-0.4, -0.2) is 40.1 Å². The number of aliphatic hydroxyl groups excluding tert-OH is 1. The molecule has 0 saturated carbocycles. The van der Waals surface area contributed by atoms with Gasteiger partial charge in [-0.1, -0.05) is 0 Å². The molecule has 6 heteroatoms. The van der Waals surface area contributed by atoms with Crippen LogP contribution in [0.15, 0.2) is 6.07 Å². The van der Waals surface area contributed by atoms with Gasteiger partial charge in [0.2, 0.25) is 0 Å². The minimum absolute atomic E-state index is 0.0564. The summed E-state index contributed by atoms with van der Waals surface area (Å²) in [7, 11) is 0. The van der Waals surface area contributed by atoms with Crippen molar-refractivity contribution in [1.29, 1.82) is 0 Å². The van der Waals surface area contributed by atoms with E-state index in [2.05, 4.69) is 15.7 Å². The second-order valence-electron chi connectivity index (χ2n) is 4.49. The second kappa shape index (κ2) is 7.00. The number of aromatic nitrogens is 2. The molecule has 1 unspecified atom stereocenters. The lowest BCUT2D eigenvalue weighted by Gasteiger charge is -2.12. The summed E-state index contributed by atoms with van der Waals surface area (Å²) < 4.78 is 1.94. The molecule has 0 aliphatic heterocycles. The molecule has 6 nitrogen and oxygen atoms in total. The van der Waals surface area contributed by atoms with Gasteiger partial charge < -0.3 is 15.7 Å². The molecule has 0 bridgehead atoms. The van der Waals surface area contributed by atoms with E-state index in [-0.39, 0.29) is 18.7 Å². The van der Waals surface area contributed by atoms with Gasteiger partial charge in [-0.15, -0.1) is 0 Å². The Labute approximate surface area is 107 Å². The number of urea groups is 1. The number of aliphatic hydroxyl groups is 1. The van der Waals surface area contributed by atoms with Gasteiger partial charge >= 0.3 is 6.03 Å². The first-order valence-electron chi connectivity index (χ1n) is 6.19. The van der Waals surface area contributed by atoms with Crippen LogP contribution in [0, 0.1) is 13.8 Å². The van der Waals surface area contributed by atoms with Crippen molar-refractivity contribution < 1.29 is 9.90 Å². The Kier molecular flexibility index (Phi) is 5.64. The number of carbonyl (C=O) groups is 1. The zero-order chi connectivity index (χ0) is 13.5. The number of hydrogen-bond acceptors (Lipinski definition) is 3. The first kappa shape index (κ1) is 14.5. The van der Waals surface area contributed by atoms with Crippen molar-refractivity contribution >= 4 is 6.03 Å². The van der Waals surface area contributed by atoms with Crippen molar-refractivity contribution in [3.8, 4) is 0 Å². The molecular formula is C12H22N4O2. The lowest BCUT2D eigenvalue weighted by molar-refractivity contribution is 0.220. The van der Waals surface area contributed by atoms with Gasteiger partial charge in [-0.3, -0.25) is 4.68 Å². The highest BCUT2D eigenvalue weighted by atomic mass is 16.3. The van der Waals surface area contributed by atoms with Crippen LogP contribution in [0.25, 0.3) is 0 Å². The fraction of sp³-hybridized carbons (Fsp3) is 0.667. The van der Waals surface area contributed by atoms with Gasteiger partial charge in [-0.05, 0) is 33.3 Å². The van der Waals surface area contributed by atoms with Crippen LogP contribution < -0.4 is 10.6 Å². The Balaban J connectivity index is 2.19. The maximum Gasteiger partial charge on any atom is 0.315 e. The quantitative estimate of drug-likeness (QED) is 0.649. The van der Waals surface area contributed by atoms with Gasteiger partial charge in [0, 0.05) is 18.8 Å². The van der Waals surface area contributed by atoms with Crippen LogP contribution in [0.4, 0.5) is 4.79 Å². The number of nitrogens with one attached hydrogen (secondary N) is 2. The molecule has 2 amide bonds. The lowest BCUT2D eigenvalue weighted by atomic mass is 10.3. The third-order valence-corrected chi connectivity index (χ3v) is 2.59. The minimum atomic E-state index is -0.245. The van der Waals surface area contributed by atoms with Gasteiger partial charge in [0.1, 0.15) is 0 Å². The van der Waals surface area contributed by atoms with E-state index in [1.807, 2.05) is 24.6 Å². The van der Waals surface area contributed by atoms with Gasteiger partial charge in [-0.2, -0.15) is 5.10 Å². The standard InChI is InChI=1S/C12H22N4O2/c1-9-7-11(3)16(15-9)6-4-5-13-12(18)14-10(2)8-17/h7,10,17H,4-6,8H2,1-3H3,(H2,13,14,18). The molecule has 3 N–H and O–H groups in total. The topological polar surface area (TPSA) is 79.2 Å². The van der Waals surface area contributed by atoms with Crippen LogP contribution in [0.2, 0.25) is 0 Å². The Morgan fingerprint density at radius 2 is 2.28 bits per heavy atom. The number of hydrogen-bond donors (Lipinski definition) is 3. The lowest BCUT2D eigenvalue weighted by Crippen LogP contribution is -2.42. The normalized spacial score (nSPS) is 12.2. The molecule has 0 aliphatic carbocycles. The highest BCUT2D eigenvalue weighted by Crippen LogP contribution is 2.02. The molecule has 1 rings (SSSR count). The molecule has 1 atom stereocenters. The van der Waals surface area contributed by atoms with Crippen molar-refractivity contribution in [2.45, 2.75) is 39.8 Å². The van der Waals surface area contributed by atoms with E-state index in [0.717, 1.165) is 24.4 Å². The summed E-state index contributed by atoms with van der Waals surface area (Å²) in [6.45, 7) is 7.04. The van der Waals surface area contributed by atoms with E-state index in [1.54, 1.807) is 6.92 Å². The van der Waals surface area contributed by atoms with E-state index >= 15 is 0 Å². The highest BCUT2D eigenvalue weighted by Gasteiger charge is 2.05. The van der Waals surface area contributed by atoms with E-state index in [1.165, 1.54) is 0 Å². The summed E-state index contributed by atoms with van der Waals surface area (Å²) in [4.78, 5) is 11.3. The Morgan fingerprint density at radius 1 is 1.56 bits per heavy atom. The van der Waals surface area contributed by atoms with Gasteiger partial charge in [0.25, 0.3) is 0 Å². The molecule has 0 fully saturated rings. The Bertz CT molecular complexity index is 389. The highest BCUT2D eigenvalue weighted by molar-refractivity contribution is 5.74. The predicted octanol–water partition coefficient (Wildman–Crippen LogP) is 0.570. The predicted molar refractivity (Wildman–Crippen MR) is 69.4 cm³/mol. The first-order valence-corrected chi connectivity index (χ1v) is 6.19. The van der Waals surface area contributed by atoms with Crippen LogP contribution in [0.3, 0.4) is 0 Å². The molecule has 0 saturated heterocycles. The summed E-state index contributed by atoms with van der Waals surface area (Å²) >= 11 is 0. The Morgan fingerprint density at radius 3 is 2.83 bits per heavy atom. The third kappa shape index (κ3) is 4.75. The zero-order valence-electron chi connectivity index (χ0n) is 11.2. The van der Waals surface area contributed by atoms with Gasteiger partial charge in [-0.25, -0.2) is 4.79 Å². The molecule has 0 radical (unpaired) electrons. The van der Waals surface area contributed by atoms with Gasteiger partial charge in [0.15, 0.2) is 0 Å². The van der Waals surface area contributed by atoms with E-state index in [4.69, 9.17) is 5.11 Å². The average molecular weight is 254 g/mol. The zero-order valence-corrected chi connectivity index (χ0v) is 11.2. The minimum Gasteiger partial charge on any atom is -0.394 e. The molecule has 1 aromatic rings. The number of rotatable bonds is 6. The fourth-order valence-corrected chi connectivity index (χ4v) is 1.65. The van der Waals surface area contributed by atoms with Gasteiger partial charge in [0.05, 0.1) is 18.3 Å². The summed E-state index contributed by atoms with van der Waals surface area (Å²) in [5.41, 5.74) is 2.14. The van der Waals surface area contributed by atoms with E-state index < -0.39 is 0 Å². The van der Waals surface area contributed by atoms with Crippen LogP contribution in [0.1, 0.15) is 24.7 Å². The first-order chi connectivity index (χ1) is 8.52. The summed E-state index contributed by atoms with van der Waals surface area (Å²) in [6.07, 6.45) is 0.822. The maximum absolute atomic E-state index is 11.3. The van der Waals surface area contributed by atoms with Crippen molar-refractivity contribution in [2.24, 2.45) is 0 Å². The van der Waals surface area contributed by atoms with Crippen LogP contribution >= 0.6 is 0 Å². The smallest absolute Gasteiger partial charge is 0.315 e. The van der Waals surface area contributed by atoms with Crippen LogP contribution in [0.5, 0.6) is 0 Å². The molecular weight excluding hydrogens is 232 g/mol. The molecule has 1 aromatic heterocycles. The van der Waals surface area contributed by atoms with Crippen molar-refractivity contribution in [1.82, 2.24) is 20.4 Å². The fourth-order valence-electron chi connectivity index (χ4n) is 1.65. The number of nitrogens with zero attached hydrogens (tertiary/aromatic N) is 2. The Hall–Kier alpha value is -1.56. The number of carbonyl (C=O) groups excluding carboxylic acids is 1. The molecule has 0 aliphatic rings. The van der Waals surface area contributed by atoms with Crippen molar-refractivity contribution in [3.63, 3.8) is 0 Å². The third-order valence-electron chi connectivity index (χ3n) is 2.59. The summed E-state index contributed by atoms with van der Waals surface area (Å²) in [5, 5.41) is 18.5. The van der Waals surface area contributed by atoms with Crippen molar-refractivity contribution in [2.75, 3.05) is 13.2 Å². The number of amides is 2. The number of aryl methyl sites for hydroxylation is 3. The molecule has 0 spiro atoms.